The number of pyridine rings is 1. The molecule has 6 nitrogen and oxygen atoms in total. The molecule has 0 bridgehead atoms. The Bertz CT molecular complexity index is 973. The number of aromatic nitrogens is 1. The SMILES string of the molecule is CCCCN(C)c1c(C=C2SC(=S)N(CCC(C)C)C2=O)c(C)c(C#N)c(=O)n1C. The van der Waals surface area contributed by atoms with Gasteiger partial charge in [-0.2, -0.15) is 5.26 Å². The van der Waals surface area contributed by atoms with Crippen LogP contribution in [0, 0.1) is 24.2 Å². The monoisotopic (exact) mass is 446 g/mol. The second-order valence-corrected chi connectivity index (χ2v) is 9.68. The maximum absolute atomic E-state index is 13.0. The van der Waals surface area contributed by atoms with Gasteiger partial charge in [0.2, 0.25) is 0 Å². The maximum Gasteiger partial charge on any atom is 0.270 e. The van der Waals surface area contributed by atoms with Crippen molar-refractivity contribution in [2.45, 2.75) is 47.0 Å². The van der Waals surface area contributed by atoms with E-state index in [2.05, 4.69) is 20.8 Å². The number of amides is 1. The molecule has 0 unspecified atom stereocenters. The fourth-order valence-corrected chi connectivity index (χ4v) is 4.68. The average molecular weight is 447 g/mol. The van der Waals surface area contributed by atoms with Crippen molar-refractivity contribution >= 4 is 46.1 Å². The van der Waals surface area contributed by atoms with Gasteiger partial charge in [0.1, 0.15) is 21.8 Å². The summed E-state index contributed by atoms with van der Waals surface area (Å²) >= 11 is 6.72. The van der Waals surface area contributed by atoms with Crippen LogP contribution in [0.3, 0.4) is 0 Å². The number of thiocarbonyl (C=S) groups is 1. The van der Waals surface area contributed by atoms with E-state index in [1.54, 1.807) is 24.9 Å². The van der Waals surface area contributed by atoms with E-state index >= 15 is 0 Å². The number of hydrogen-bond acceptors (Lipinski definition) is 6. The zero-order valence-corrected chi connectivity index (χ0v) is 20.2. The van der Waals surface area contributed by atoms with Gasteiger partial charge in [0.05, 0.1) is 4.91 Å². The molecule has 2 rings (SSSR count). The average Bonchev–Trinajstić information content (AvgIpc) is 2.95. The van der Waals surface area contributed by atoms with Crippen molar-refractivity contribution in [1.82, 2.24) is 9.47 Å². The molecule has 0 spiro atoms. The summed E-state index contributed by atoms with van der Waals surface area (Å²) in [4.78, 5) is 29.9. The number of hydrogen-bond donors (Lipinski definition) is 0. The van der Waals surface area contributed by atoms with Crippen molar-refractivity contribution in [3.05, 3.63) is 31.9 Å². The minimum Gasteiger partial charge on any atom is -0.360 e. The number of carbonyl (C=O) groups is 1. The second kappa shape index (κ2) is 10.3. The molecule has 1 aromatic heterocycles. The molecule has 0 N–H and O–H groups in total. The fourth-order valence-electron chi connectivity index (χ4n) is 3.39. The van der Waals surface area contributed by atoms with Crippen LogP contribution >= 0.6 is 24.0 Å². The van der Waals surface area contributed by atoms with Crippen LogP contribution in [0.5, 0.6) is 0 Å². The van der Waals surface area contributed by atoms with E-state index in [0.717, 1.165) is 31.4 Å². The zero-order valence-electron chi connectivity index (χ0n) is 18.6. The molecular formula is C22H30N4O2S2. The van der Waals surface area contributed by atoms with Crippen molar-refractivity contribution in [3.8, 4) is 6.07 Å². The molecule has 1 saturated heterocycles. The highest BCUT2D eigenvalue weighted by Gasteiger charge is 2.32. The number of anilines is 1. The summed E-state index contributed by atoms with van der Waals surface area (Å²) in [5.41, 5.74) is 1.09. The van der Waals surface area contributed by atoms with Gasteiger partial charge in [-0.15, -0.1) is 0 Å². The van der Waals surface area contributed by atoms with Gasteiger partial charge in [-0.05, 0) is 37.3 Å². The quantitative estimate of drug-likeness (QED) is 0.443. The van der Waals surface area contributed by atoms with Gasteiger partial charge in [0.25, 0.3) is 11.5 Å². The largest absolute Gasteiger partial charge is 0.360 e. The Morgan fingerprint density at radius 2 is 2.00 bits per heavy atom. The van der Waals surface area contributed by atoms with Crippen LogP contribution in [0.15, 0.2) is 9.70 Å². The molecule has 2 heterocycles. The third-order valence-electron chi connectivity index (χ3n) is 5.26. The summed E-state index contributed by atoms with van der Waals surface area (Å²) in [6.45, 7) is 9.47. The lowest BCUT2D eigenvalue weighted by Gasteiger charge is -2.25. The number of carbonyl (C=O) groups excluding carboxylic acids is 1. The fraction of sp³-hybridized carbons (Fsp3) is 0.545. The van der Waals surface area contributed by atoms with Crippen LogP contribution in [-0.2, 0) is 11.8 Å². The molecule has 0 saturated carbocycles. The van der Waals surface area contributed by atoms with Gasteiger partial charge in [0, 0.05) is 32.7 Å². The first-order valence-corrected chi connectivity index (χ1v) is 11.5. The molecule has 30 heavy (non-hydrogen) atoms. The van der Waals surface area contributed by atoms with Crippen molar-refractivity contribution < 1.29 is 4.79 Å². The Balaban J connectivity index is 2.59. The molecule has 1 aliphatic heterocycles. The standard InChI is InChI=1S/C22H30N4O2S2/c1-7-8-10-24(5)19-16(15(4)17(13-23)20(27)25(19)6)12-18-21(28)26(22(29)30-18)11-9-14(2)3/h12,14H,7-11H2,1-6H3. The van der Waals surface area contributed by atoms with Crippen molar-refractivity contribution in [2.24, 2.45) is 13.0 Å². The zero-order chi connectivity index (χ0) is 22.6. The Morgan fingerprint density at radius 3 is 2.57 bits per heavy atom. The molecule has 1 amide bonds. The van der Waals surface area contributed by atoms with Gasteiger partial charge < -0.3 is 4.90 Å². The lowest BCUT2D eigenvalue weighted by Crippen LogP contribution is -2.31. The van der Waals surface area contributed by atoms with Crippen LogP contribution in [-0.4, -0.2) is 39.8 Å². The highest BCUT2D eigenvalue weighted by atomic mass is 32.2. The highest BCUT2D eigenvalue weighted by Crippen LogP contribution is 2.35. The Labute approximate surface area is 188 Å². The minimum absolute atomic E-state index is 0.103. The van der Waals surface area contributed by atoms with E-state index in [-0.39, 0.29) is 17.0 Å². The Kier molecular flexibility index (Phi) is 8.27. The first kappa shape index (κ1) is 24.2. The van der Waals surface area contributed by atoms with Crippen LogP contribution in [0.25, 0.3) is 6.08 Å². The van der Waals surface area contributed by atoms with Crippen LogP contribution in [0.2, 0.25) is 0 Å². The van der Waals surface area contributed by atoms with Gasteiger partial charge in [-0.25, -0.2) is 0 Å². The molecule has 8 heteroatoms. The number of rotatable bonds is 8. The summed E-state index contributed by atoms with van der Waals surface area (Å²) in [7, 11) is 3.60. The summed E-state index contributed by atoms with van der Waals surface area (Å²) in [5, 5.41) is 9.54. The van der Waals surface area contributed by atoms with Crippen molar-refractivity contribution in [3.63, 3.8) is 0 Å². The van der Waals surface area contributed by atoms with Crippen molar-refractivity contribution in [1.29, 1.82) is 5.26 Å². The third kappa shape index (κ3) is 4.96. The Hall–Kier alpha value is -2.11. The third-order valence-corrected chi connectivity index (χ3v) is 6.63. The molecule has 0 atom stereocenters. The lowest BCUT2D eigenvalue weighted by molar-refractivity contribution is -0.122. The summed E-state index contributed by atoms with van der Waals surface area (Å²) < 4.78 is 2.06. The molecule has 1 aliphatic rings. The van der Waals surface area contributed by atoms with Crippen LogP contribution in [0.1, 0.15) is 56.7 Å². The van der Waals surface area contributed by atoms with Crippen molar-refractivity contribution in [2.75, 3.05) is 25.0 Å². The van der Waals surface area contributed by atoms with E-state index in [1.807, 2.05) is 18.0 Å². The van der Waals surface area contributed by atoms with Gasteiger partial charge in [0.15, 0.2) is 0 Å². The summed E-state index contributed by atoms with van der Waals surface area (Å²) in [5.74, 6) is 1.07. The van der Waals surface area contributed by atoms with Gasteiger partial charge >= 0.3 is 0 Å². The first-order valence-electron chi connectivity index (χ1n) is 10.2. The molecular weight excluding hydrogens is 416 g/mol. The molecule has 162 valence electrons. The van der Waals surface area contributed by atoms with E-state index in [1.165, 1.54) is 16.3 Å². The highest BCUT2D eigenvalue weighted by molar-refractivity contribution is 8.26. The minimum atomic E-state index is -0.324. The van der Waals surface area contributed by atoms with E-state index < -0.39 is 0 Å². The summed E-state index contributed by atoms with van der Waals surface area (Å²) in [6, 6.07) is 2.03. The predicted octanol–water partition coefficient (Wildman–Crippen LogP) is 4.05. The smallest absolute Gasteiger partial charge is 0.270 e. The number of thioether (sulfide) groups is 1. The Morgan fingerprint density at radius 1 is 1.33 bits per heavy atom. The van der Waals surface area contributed by atoms with E-state index in [4.69, 9.17) is 12.2 Å². The number of nitriles is 1. The summed E-state index contributed by atoms with van der Waals surface area (Å²) in [6.07, 6.45) is 4.67. The van der Waals surface area contributed by atoms with Crippen LogP contribution < -0.4 is 10.5 Å². The second-order valence-electron chi connectivity index (χ2n) is 8.00. The number of unbranched alkanes of at least 4 members (excludes halogenated alkanes) is 1. The van der Waals surface area contributed by atoms with Crippen LogP contribution in [0.4, 0.5) is 5.82 Å². The van der Waals surface area contributed by atoms with Gasteiger partial charge in [-0.1, -0.05) is 51.2 Å². The molecule has 1 fully saturated rings. The normalized spacial score (nSPS) is 15.4. The topological polar surface area (TPSA) is 69.3 Å². The molecule has 0 aromatic carbocycles. The lowest BCUT2D eigenvalue weighted by atomic mass is 10.0. The predicted molar refractivity (Wildman–Crippen MR) is 129 cm³/mol. The first-order chi connectivity index (χ1) is 14.1. The number of nitrogens with zero attached hydrogens (tertiary/aromatic N) is 4. The van der Waals surface area contributed by atoms with Gasteiger partial charge in [-0.3, -0.25) is 19.1 Å². The molecule has 0 radical (unpaired) electrons. The van der Waals surface area contributed by atoms with E-state index in [0.29, 0.717) is 33.1 Å². The molecule has 0 aliphatic carbocycles. The maximum atomic E-state index is 13.0. The molecule has 1 aromatic rings. The van der Waals surface area contributed by atoms with E-state index in [9.17, 15) is 14.9 Å².